The van der Waals surface area contributed by atoms with Gasteiger partial charge in [0, 0.05) is 25.7 Å². The highest BCUT2D eigenvalue weighted by Crippen LogP contribution is 2.24. The van der Waals surface area contributed by atoms with Gasteiger partial charge < -0.3 is 15.0 Å². The van der Waals surface area contributed by atoms with Crippen LogP contribution in [-0.4, -0.2) is 42.8 Å². The molecule has 0 spiro atoms. The van der Waals surface area contributed by atoms with Gasteiger partial charge in [-0.25, -0.2) is 4.98 Å². The zero-order valence-corrected chi connectivity index (χ0v) is 11.7. The highest BCUT2D eigenvalue weighted by molar-refractivity contribution is 9.10. The Kier molecular flexibility index (Phi) is 4.17. The van der Waals surface area contributed by atoms with Crippen molar-refractivity contribution in [2.45, 2.75) is 19.4 Å². The summed E-state index contributed by atoms with van der Waals surface area (Å²) in [6, 6.07) is 0.453. The lowest BCUT2D eigenvalue weighted by atomic mass is 10.1. The molecule has 2 rings (SSSR count). The molecular formula is C11H17BrN4O. The van der Waals surface area contributed by atoms with E-state index in [2.05, 4.69) is 43.0 Å². The highest BCUT2D eigenvalue weighted by Gasteiger charge is 2.23. The first kappa shape index (κ1) is 12.6. The first-order valence-electron chi connectivity index (χ1n) is 5.80. The van der Waals surface area contributed by atoms with Crippen LogP contribution in [0.5, 0.6) is 5.88 Å². The normalized spacial score (nSPS) is 20.4. The van der Waals surface area contributed by atoms with Crippen LogP contribution in [0.15, 0.2) is 10.7 Å². The summed E-state index contributed by atoms with van der Waals surface area (Å²) in [4.78, 5) is 11.0. The maximum absolute atomic E-state index is 5.21. The third kappa shape index (κ3) is 2.69. The van der Waals surface area contributed by atoms with Gasteiger partial charge in [-0.15, -0.1) is 0 Å². The smallest absolute Gasteiger partial charge is 0.232 e. The van der Waals surface area contributed by atoms with Crippen molar-refractivity contribution >= 4 is 21.9 Å². The summed E-state index contributed by atoms with van der Waals surface area (Å²) in [5, 5.41) is 3.39. The molecule has 0 bridgehead atoms. The van der Waals surface area contributed by atoms with Crippen molar-refractivity contribution in [3.8, 4) is 5.88 Å². The molecule has 2 heterocycles. The molecule has 1 unspecified atom stereocenters. The summed E-state index contributed by atoms with van der Waals surface area (Å²) in [7, 11) is 1.62. The van der Waals surface area contributed by atoms with Crippen LogP contribution in [0.1, 0.15) is 13.3 Å². The second-order valence-corrected chi connectivity index (χ2v) is 4.84. The molecule has 1 aromatic rings. The second-order valence-electron chi connectivity index (χ2n) is 3.99. The van der Waals surface area contributed by atoms with Crippen molar-refractivity contribution in [1.82, 2.24) is 15.3 Å². The summed E-state index contributed by atoms with van der Waals surface area (Å²) in [5.74, 6) is 1.33. The van der Waals surface area contributed by atoms with E-state index in [1.807, 2.05) is 0 Å². The van der Waals surface area contributed by atoms with E-state index in [1.54, 1.807) is 13.3 Å². The highest BCUT2D eigenvalue weighted by atomic mass is 79.9. The van der Waals surface area contributed by atoms with E-state index >= 15 is 0 Å². The largest absolute Gasteiger partial charge is 0.480 e. The first-order valence-corrected chi connectivity index (χ1v) is 6.59. The third-order valence-corrected chi connectivity index (χ3v) is 3.51. The molecule has 17 heavy (non-hydrogen) atoms. The van der Waals surface area contributed by atoms with Gasteiger partial charge in [0.25, 0.3) is 0 Å². The summed E-state index contributed by atoms with van der Waals surface area (Å²) >= 11 is 3.37. The molecule has 1 atom stereocenters. The number of nitrogens with one attached hydrogen (secondary N) is 1. The van der Waals surface area contributed by atoms with Crippen molar-refractivity contribution in [1.29, 1.82) is 0 Å². The molecule has 0 aliphatic carbocycles. The summed E-state index contributed by atoms with van der Waals surface area (Å²) in [5.41, 5.74) is 0. The van der Waals surface area contributed by atoms with Gasteiger partial charge in [0.1, 0.15) is 0 Å². The minimum atomic E-state index is 0.453. The molecule has 6 heteroatoms. The molecule has 5 nitrogen and oxygen atoms in total. The Labute approximate surface area is 110 Å². The Morgan fingerprint density at radius 3 is 3.18 bits per heavy atom. The van der Waals surface area contributed by atoms with Crippen LogP contribution in [0.25, 0.3) is 0 Å². The van der Waals surface area contributed by atoms with Crippen molar-refractivity contribution in [2.75, 3.05) is 31.6 Å². The summed E-state index contributed by atoms with van der Waals surface area (Å²) < 4.78 is 5.99. The average Bonchev–Trinajstić information content (AvgIpc) is 2.39. The standard InChI is InChI=1S/C11H17BrN4O/c1-3-8-6-13-4-5-16(8)11-14-7-9(12)10(15-11)17-2/h7-8,13H,3-6H2,1-2H3. The quantitative estimate of drug-likeness (QED) is 0.915. The Morgan fingerprint density at radius 1 is 1.65 bits per heavy atom. The molecular weight excluding hydrogens is 284 g/mol. The van der Waals surface area contributed by atoms with E-state index in [0.717, 1.165) is 36.5 Å². The van der Waals surface area contributed by atoms with Crippen molar-refractivity contribution in [3.63, 3.8) is 0 Å². The van der Waals surface area contributed by atoms with Gasteiger partial charge in [-0.3, -0.25) is 0 Å². The molecule has 0 radical (unpaired) electrons. The Hall–Kier alpha value is -0.880. The molecule has 0 saturated carbocycles. The number of hydrogen-bond acceptors (Lipinski definition) is 5. The first-order chi connectivity index (χ1) is 8.26. The predicted molar refractivity (Wildman–Crippen MR) is 70.6 cm³/mol. The van der Waals surface area contributed by atoms with Gasteiger partial charge in [-0.05, 0) is 22.4 Å². The number of methoxy groups -OCH3 is 1. The number of anilines is 1. The van der Waals surface area contributed by atoms with Crippen molar-refractivity contribution in [3.05, 3.63) is 10.7 Å². The lowest BCUT2D eigenvalue weighted by Crippen LogP contribution is -2.51. The maximum atomic E-state index is 5.21. The lowest BCUT2D eigenvalue weighted by Gasteiger charge is -2.35. The number of hydrogen-bond donors (Lipinski definition) is 1. The maximum Gasteiger partial charge on any atom is 0.232 e. The van der Waals surface area contributed by atoms with Crippen molar-refractivity contribution in [2.24, 2.45) is 0 Å². The van der Waals surface area contributed by atoms with Gasteiger partial charge >= 0.3 is 0 Å². The average molecular weight is 301 g/mol. The molecule has 1 aliphatic heterocycles. The summed E-state index contributed by atoms with van der Waals surface area (Å²) in [6.07, 6.45) is 2.82. The van der Waals surface area contributed by atoms with Gasteiger partial charge in [0.05, 0.1) is 17.8 Å². The Bertz CT molecular complexity index is 388. The Balaban J connectivity index is 2.25. The van der Waals surface area contributed by atoms with Crippen LogP contribution >= 0.6 is 15.9 Å². The number of halogens is 1. The molecule has 1 fully saturated rings. The fraction of sp³-hybridized carbons (Fsp3) is 0.636. The monoisotopic (exact) mass is 300 g/mol. The van der Waals surface area contributed by atoms with E-state index in [4.69, 9.17) is 4.74 Å². The predicted octanol–water partition coefficient (Wildman–Crippen LogP) is 1.44. The van der Waals surface area contributed by atoms with E-state index in [0.29, 0.717) is 11.9 Å². The van der Waals surface area contributed by atoms with Crippen LogP contribution in [0, 0.1) is 0 Å². The van der Waals surface area contributed by atoms with Crippen LogP contribution in [0.3, 0.4) is 0 Å². The second kappa shape index (κ2) is 5.64. The Morgan fingerprint density at radius 2 is 2.47 bits per heavy atom. The number of ether oxygens (including phenoxy) is 1. The minimum Gasteiger partial charge on any atom is -0.480 e. The number of rotatable bonds is 3. The lowest BCUT2D eigenvalue weighted by molar-refractivity contribution is 0.390. The fourth-order valence-corrected chi connectivity index (χ4v) is 2.37. The molecule has 0 amide bonds. The van der Waals surface area contributed by atoms with Crippen LogP contribution in [0.2, 0.25) is 0 Å². The van der Waals surface area contributed by atoms with Gasteiger partial charge in [0.2, 0.25) is 11.8 Å². The SMILES string of the molecule is CCC1CNCCN1c1ncc(Br)c(OC)n1. The number of nitrogens with zero attached hydrogens (tertiary/aromatic N) is 3. The van der Waals surface area contributed by atoms with E-state index in [9.17, 15) is 0 Å². The summed E-state index contributed by atoms with van der Waals surface area (Å²) in [6.45, 7) is 5.07. The zero-order valence-electron chi connectivity index (χ0n) is 10.1. The molecule has 0 aromatic carbocycles. The van der Waals surface area contributed by atoms with E-state index in [1.165, 1.54) is 0 Å². The topological polar surface area (TPSA) is 50.3 Å². The molecule has 1 aromatic heterocycles. The van der Waals surface area contributed by atoms with Crippen LogP contribution in [-0.2, 0) is 0 Å². The minimum absolute atomic E-state index is 0.453. The van der Waals surface area contributed by atoms with Crippen LogP contribution < -0.4 is 15.0 Å². The van der Waals surface area contributed by atoms with Crippen molar-refractivity contribution < 1.29 is 4.74 Å². The molecule has 1 N–H and O–H groups in total. The van der Waals surface area contributed by atoms with Gasteiger partial charge in [0.15, 0.2) is 0 Å². The zero-order chi connectivity index (χ0) is 12.3. The van der Waals surface area contributed by atoms with Crippen LogP contribution in [0.4, 0.5) is 5.95 Å². The van der Waals surface area contributed by atoms with Gasteiger partial charge in [-0.1, -0.05) is 6.92 Å². The number of piperazine rings is 1. The molecule has 94 valence electrons. The van der Waals surface area contributed by atoms with E-state index < -0.39 is 0 Å². The van der Waals surface area contributed by atoms with Gasteiger partial charge in [-0.2, -0.15) is 4.98 Å². The fourth-order valence-electron chi connectivity index (χ4n) is 2.01. The molecule has 1 aliphatic rings. The van der Waals surface area contributed by atoms with E-state index in [-0.39, 0.29) is 0 Å². The third-order valence-electron chi connectivity index (χ3n) is 2.97. The number of aromatic nitrogens is 2. The molecule has 1 saturated heterocycles.